The lowest BCUT2D eigenvalue weighted by atomic mass is 9.76. The fraction of sp³-hybridized carbons (Fsp3) is 0.615. The summed E-state index contributed by atoms with van der Waals surface area (Å²) in [5.74, 6) is 1.32. The minimum absolute atomic E-state index is 0.594. The number of ether oxygens (including phenoxy) is 1. The Balaban J connectivity index is 2.16. The van der Waals surface area contributed by atoms with E-state index in [4.69, 9.17) is 4.74 Å². The summed E-state index contributed by atoms with van der Waals surface area (Å²) in [6, 6.07) is 3.73. The summed E-state index contributed by atoms with van der Waals surface area (Å²) in [5.41, 5.74) is 0.242. The molecule has 1 heterocycles. The molecular formula is C13H19NO2. The molecule has 1 aromatic heterocycles. The molecule has 0 spiro atoms. The van der Waals surface area contributed by atoms with Crippen LogP contribution in [-0.4, -0.2) is 17.2 Å². The Morgan fingerprint density at radius 3 is 2.56 bits per heavy atom. The molecule has 0 amide bonds. The number of aromatic nitrogens is 1. The van der Waals surface area contributed by atoms with Crippen molar-refractivity contribution in [2.24, 2.45) is 5.92 Å². The molecule has 1 saturated carbocycles. The van der Waals surface area contributed by atoms with Gasteiger partial charge in [-0.05, 0) is 37.7 Å². The Labute approximate surface area is 96.5 Å². The van der Waals surface area contributed by atoms with E-state index >= 15 is 0 Å². The van der Waals surface area contributed by atoms with Gasteiger partial charge in [-0.2, -0.15) is 0 Å². The molecule has 1 aliphatic rings. The van der Waals surface area contributed by atoms with Gasteiger partial charge in [-0.15, -0.1) is 0 Å². The zero-order chi connectivity index (χ0) is 11.6. The summed E-state index contributed by atoms with van der Waals surface area (Å²) in [7, 11) is 1.60. The molecule has 2 rings (SSSR count). The van der Waals surface area contributed by atoms with Crippen LogP contribution in [0.4, 0.5) is 0 Å². The van der Waals surface area contributed by atoms with E-state index in [1.807, 2.05) is 12.1 Å². The molecule has 1 N–H and O–H groups in total. The Morgan fingerprint density at radius 2 is 2.06 bits per heavy atom. The van der Waals surface area contributed by atoms with Crippen LogP contribution < -0.4 is 4.74 Å². The molecular weight excluding hydrogens is 202 g/mol. The minimum atomic E-state index is -0.675. The molecule has 0 saturated heterocycles. The first kappa shape index (κ1) is 11.4. The molecule has 3 heteroatoms. The van der Waals surface area contributed by atoms with Crippen molar-refractivity contribution in [2.75, 3.05) is 7.11 Å². The molecule has 0 bridgehead atoms. The van der Waals surface area contributed by atoms with Crippen molar-refractivity contribution in [3.05, 3.63) is 23.9 Å². The highest BCUT2D eigenvalue weighted by Crippen LogP contribution is 2.39. The van der Waals surface area contributed by atoms with E-state index in [0.29, 0.717) is 5.88 Å². The molecule has 1 fully saturated rings. The highest BCUT2D eigenvalue weighted by atomic mass is 16.5. The van der Waals surface area contributed by atoms with Crippen molar-refractivity contribution in [2.45, 2.75) is 38.2 Å². The van der Waals surface area contributed by atoms with Crippen molar-refractivity contribution in [3.8, 4) is 5.88 Å². The van der Waals surface area contributed by atoms with Crippen LogP contribution in [0.15, 0.2) is 18.3 Å². The zero-order valence-electron chi connectivity index (χ0n) is 9.94. The van der Waals surface area contributed by atoms with Gasteiger partial charge < -0.3 is 9.84 Å². The molecule has 0 atom stereocenters. The topological polar surface area (TPSA) is 42.4 Å². The molecule has 0 radical (unpaired) electrons. The number of hydrogen-bond acceptors (Lipinski definition) is 3. The predicted molar refractivity (Wildman–Crippen MR) is 62.3 cm³/mol. The summed E-state index contributed by atoms with van der Waals surface area (Å²) < 4.78 is 5.01. The number of methoxy groups -OCH3 is 1. The average molecular weight is 221 g/mol. The Kier molecular flexibility index (Phi) is 3.15. The van der Waals surface area contributed by atoms with E-state index in [0.717, 1.165) is 37.2 Å². The highest BCUT2D eigenvalue weighted by molar-refractivity contribution is 5.23. The number of aliphatic hydroxyl groups is 1. The molecule has 16 heavy (non-hydrogen) atoms. The summed E-state index contributed by atoms with van der Waals surface area (Å²) in [6.07, 6.45) is 5.57. The molecule has 0 aromatic carbocycles. The maximum Gasteiger partial charge on any atom is 0.212 e. The molecule has 1 aromatic rings. The van der Waals surface area contributed by atoms with Crippen molar-refractivity contribution in [1.29, 1.82) is 0 Å². The van der Waals surface area contributed by atoms with Crippen LogP contribution in [0.25, 0.3) is 0 Å². The minimum Gasteiger partial charge on any atom is -0.481 e. The smallest absolute Gasteiger partial charge is 0.212 e. The first-order chi connectivity index (χ1) is 7.64. The van der Waals surface area contributed by atoms with Crippen LogP contribution in [-0.2, 0) is 5.60 Å². The number of pyridine rings is 1. The average Bonchev–Trinajstić information content (AvgIpc) is 2.33. The van der Waals surface area contributed by atoms with E-state index in [2.05, 4.69) is 11.9 Å². The van der Waals surface area contributed by atoms with Crippen LogP contribution >= 0.6 is 0 Å². The SMILES string of the molecule is COc1ccc(C2(O)CCC(C)CC2)cn1. The first-order valence-corrected chi connectivity index (χ1v) is 5.87. The van der Waals surface area contributed by atoms with E-state index in [9.17, 15) is 5.11 Å². The van der Waals surface area contributed by atoms with Gasteiger partial charge in [0.15, 0.2) is 0 Å². The van der Waals surface area contributed by atoms with Crippen molar-refractivity contribution in [3.63, 3.8) is 0 Å². The Hall–Kier alpha value is -1.09. The largest absolute Gasteiger partial charge is 0.481 e. The Bertz CT molecular complexity index is 339. The summed E-state index contributed by atoms with van der Waals surface area (Å²) in [4.78, 5) is 4.15. The lowest BCUT2D eigenvalue weighted by Gasteiger charge is -2.35. The van der Waals surface area contributed by atoms with E-state index in [1.165, 1.54) is 0 Å². The van der Waals surface area contributed by atoms with Gasteiger partial charge in [-0.1, -0.05) is 6.92 Å². The normalized spacial score (nSPS) is 30.1. The summed E-state index contributed by atoms with van der Waals surface area (Å²) in [5, 5.41) is 10.5. The van der Waals surface area contributed by atoms with Crippen molar-refractivity contribution >= 4 is 0 Å². The molecule has 0 aliphatic heterocycles. The van der Waals surface area contributed by atoms with Crippen LogP contribution in [0.1, 0.15) is 38.2 Å². The van der Waals surface area contributed by atoms with E-state index in [-0.39, 0.29) is 0 Å². The lowest BCUT2D eigenvalue weighted by Crippen LogP contribution is -2.30. The number of nitrogens with zero attached hydrogens (tertiary/aromatic N) is 1. The number of rotatable bonds is 2. The third-order valence-corrected chi connectivity index (χ3v) is 3.58. The zero-order valence-corrected chi connectivity index (χ0v) is 9.94. The van der Waals surface area contributed by atoms with Gasteiger partial charge in [0.25, 0.3) is 0 Å². The molecule has 3 nitrogen and oxygen atoms in total. The fourth-order valence-corrected chi connectivity index (χ4v) is 2.30. The number of hydrogen-bond donors (Lipinski definition) is 1. The van der Waals surface area contributed by atoms with Crippen molar-refractivity contribution in [1.82, 2.24) is 4.98 Å². The maximum atomic E-state index is 10.5. The summed E-state index contributed by atoms with van der Waals surface area (Å²) in [6.45, 7) is 2.24. The maximum absolute atomic E-state index is 10.5. The Morgan fingerprint density at radius 1 is 1.38 bits per heavy atom. The first-order valence-electron chi connectivity index (χ1n) is 5.87. The van der Waals surface area contributed by atoms with Gasteiger partial charge in [0, 0.05) is 17.8 Å². The van der Waals surface area contributed by atoms with Gasteiger partial charge in [0.2, 0.25) is 5.88 Å². The van der Waals surface area contributed by atoms with Gasteiger partial charge in [-0.3, -0.25) is 0 Å². The van der Waals surface area contributed by atoms with Gasteiger partial charge in [0.1, 0.15) is 0 Å². The van der Waals surface area contributed by atoms with Gasteiger partial charge in [0.05, 0.1) is 12.7 Å². The fourth-order valence-electron chi connectivity index (χ4n) is 2.30. The standard InChI is InChI=1S/C13H19NO2/c1-10-5-7-13(15,8-6-10)11-3-4-12(16-2)14-9-11/h3-4,9-10,15H,5-8H2,1-2H3. The van der Waals surface area contributed by atoms with Crippen molar-refractivity contribution < 1.29 is 9.84 Å². The second kappa shape index (κ2) is 4.42. The quantitative estimate of drug-likeness (QED) is 0.834. The van der Waals surface area contributed by atoms with Crippen LogP contribution in [0.2, 0.25) is 0 Å². The van der Waals surface area contributed by atoms with E-state index in [1.54, 1.807) is 13.3 Å². The van der Waals surface area contributed by atoms with E-state index < -0.39 is 5.60 Å². The summed E-state index contributed by atoms with van der Waals surface area (Å²) >= 11 is 0. The van der Waals surface area contributed by atoms with Gasteiger partial charge >= 0.3 is 0 Å². The van der Waals surface area contributed by atoms with Gasteiger partial charge in [-0.25, -0.2) is 4.98 Å². The second-order valence-electron chi connectivity index (χ2n) is 4.80. The monoisotopic (exact) mass is 221 g/mol. The molecule has 1 aliphatic carbocycles. The molecule has 88 valence electrons. The highest BCUT2D eigenvalue weighted by Gasteiger charge is 2.33. The van der Waals surface area contributed by atoms with Crippen LogP contribution in [0.5, 0.6) is 5.88 Å². The third kappa shape index (κ3) is 2.19. The lowest BCUT2D eigenvalue weighted by molar-refractivity contribution is -0.0123. The van der Waals surface area contributed by atoms with Crippen LogP contribution in [0.3, 0.4) is 0 Å². The predicted octanol–water partition coefficient (Wildman–Crippen LogP) is 2.49. The molecule has 0 unspecified atom stereocenters. The second-order valence-corrected chi connectivity index (χ2v) is 4.80. The third-order valence-electron chi connectivity index (χ3n) is 3.58. The van der Waals surface area contributed by atoms with Crippen LogP contribution in [0, 0.1) is 5.92 Å².